The number of halogens is 1. The number of piperazine rings is 1. The summed E-state index contributed by atoms with van der Waals surface area (Å²) in [7, 11) is -3.62. The molecule has 0 spiro atoms. The lowest BCUT2D eigenvalue weighted by molar-refractivity contribution is -0.384. The topological polar surface area (TPSA) is 101 Å². The zero-order chi connectivity index (χ0) is 20.8. The highest BCUT2D eigenvalue weighted by molar-refractivity contribution is 7.91. The van der Waals surface area contributed by atoms with Crippen LogP contribution < -0.4 is 0 Å². The van der Waals surface area contributed by atoms with Crippen molar-refractivity contribution < 1.29 is 18.1 Å². The monoisotopic (exact) mass is 471 g/mol. The van der Waals surface area contributed by atoms with Crippen molar-refractivity contribution in [3.63, 3.8) is 0 Å². The Kier molecular flexibility index (Phi) is 5.34. The normalized spacial score (nSPS) is 15.7. The second-order valence-electron chi connectivity index (χ2n) is 6.34. The number of hydrogen-bond donors (Lipinski definition) is 0. The standard InChI is InChI=1S/C17H14ClN3O5S3/c18-15-3-4-16(28-15)29(25,26)20-7-5-19(6-8-20)17(22)14-10-11-9-12(21(23)24)1-2-13(11)27-14/h1-4,9-10H,5-8H2. The van der Waals surface area contributed by atoms with Crippen LogP contribution in [0.1, 0.15) is 9.67 Å². The number of nitro benzene ring substituents is 1. The molecule has 3 aromatic rings. The zero-order valence-corrected chi connectivity index (χ0v) is 18.0. The lowest BCUT2D eigenvalue weighted by atomic mass is 10.2. The van der Waals surface area contributed by atoms with Crippen molar-refractivity contribution >= 4 is 66.0 Å². The number of benzene rings is 1. The predicted molar refractivity (Wildman–Crippen MR) is 112 cm³/mol. The second-order valence-corrected chi connectivity index (χ2v) is 11.3. The molecule has 12 heteroatoms. The fraction of sp³-hybridized carbons (Fsp3) is 0.235. The first-order chi connectivity index (χ1) is 13.8. The van der Waals surface area contributed by atoms with E-state index < -0.39 is 14.9 Å². The maximum absolute atomic E-state index is 12.8. The number of thiophene rings is 2. The van der Waals surface area contributed by atoms with Gasteiger partial charge in [-0.2, -0.15) is 4.31 Å². The van der Waals surface area contributed by atoms with Crippen LogP contribution in [0, 0.1) is 10.1 Å². The van der Waals surface area contributed by atoms with Crippen molar-refractivity contribution in [1.29, 1.82) is 0 Å². The molecule has 0 atom stereocenters. The number of sulfonamides is 1. The van der Waals surface area contributed by atoms with Crippen molar-refractivity contribution in [2.75, 3.05) is 26.2 Å². The molecule has 3 heterocycles. The number of nitro groups is 1. The molecular formula is C17H14ClN3O5S3. The molecule has 1 aliphatic heterocycles. The van der Waals surface area contributed by atoms with Crippen molar-refractivity contribution in [2.45, 2.75) is 4.21 Å². The molecule has 0 aliphatic carbocycles. The van der Waals surface area contributed by atoms with E-state index in [1.54, 1.807) is 23.1 Å². The summed E-state index contributed by atoms with van der Waals surface area (Å²) >= 11 is 8.12. The molecule has 152 valence electrons. The Balaban J connectivity index is 1.48. The van der Waals surface area contributed by atoms with Crippen LogP contribution in [-0.4, -0.2) is 54.6 Å². The number of rotatable bonds is 4. The van der Waals surface area contributed by atoms with Gasteiger partial charge in [0.15, 0.2) is 0 Å². The number of non-ortho nitro benzene ring substituents is 1. The lowest BCUT2D eigenvalue weighted by Gasteiger charge is -2.33. The van der Waals surface area contributed by atoms with E-state index in [2.05, 4.69) is 0 Å². The number of carbonyl (C=O) groups excluding carboxylic acids is 1. The highest BCUT2D eigenvalue weighted by Gasteiger charge is 2.31. The average Bonchev–Trinajstić information content (AvgIpc) is 3.33. The largest absolute Gasteiger partial charge is 0.335 e. The maximum atomic E-state index is 12.8. The highest BCUT2D eigenvalue weighted by Crippen LogP contribution is 2.31. The van der Waals surface area contributed by atoms with Crippen LogP contribution in [0.25, 0.3) is 10.1 Å². The van der Waals surface area contributed by atoms with Crippen LogP contribution in [-0.2, 0) is 10.0 Å². The molecule has 1 amide bonds. The van der Waals surface area contributed by atoms with E-state index in [1.165, 1.54) is 33.8 Å². The van der Waals surface area contributed by atoms with E-state index in [1.807, 2.05) is 0 Å². The molecule has 1 saturated heterocycles. The summed E-state index contributed by atoms with van der Waals surface area (Å²) in [6.45, 7) is 0.928. The van der Waals surface area contributed by atoms with E-state index in [4.69, 9.17) is 11.6 Å². The number of amides is 1. The molecule has 4 rings (SSSR count). The molecule has 29 heavy (non-hydrogen) atoms. The third-order valence-corrected chi connectivity index (χ3v) is 9.29. The van der Waals surface area contributed by atoms with Gasteiger partial charge in [0.2, 0.25) is 0 Å². The zero-order valence-electron chi connectivity index (χ0n) is 14.8. The fourth-order valence-corrected chi connectivity index (χ4v) is 7.17. The maximum Gasteiger partial charge on any atom is 0.270 e. The lowest BCUT2D eigenvalue weighted by Crippen LogP contribution is -2.50. The summed E-state index contributed by atoms with van der Waals surface area (Å²) < 4.78 is 28.1. The SMILES string of the molecule is O=C(c1cc2cc([N+](=O)[O-])ccc2s1)N1CCN(S(=O)(=O)c2ccc(Cl)s2)CC1. The molecule has 1 aromatic carbocycles. The fourth-order valence-electron chi connectivity index (χ4n) is 3.10. The van der Waals surface area contributed by atoms with E-state index in [0.717, 1.165) is 16.0 Å². The van der Waals surface area contributed by atoms with Gasteiger partial charge in [-0.3, -0.25) is 14.9 Å². The third kappa shape index (κ3) is 3.88. The van der Waals surface area contributed by atoms with Gasteiger partial charge in [0, 0.05) is 48.4 Å². The van der Waals surface area contributed by atoms with Crippen molar-refractivity contribution in [3.05, 3.63) is 55.7 Å². The van der Waals surface area contributed by atoms with Gasteiger partial charge in [0.05, 0.1) is 14.1 Å². The van der Waals surface area contributed by atoms with Crippen molar-refractivity contribution in [3.8, 4) is 0 Å². The first-order valence-corrected chi connectivity index (χ1v) is 11.9. The van der Waals surface area contributed by atoms with Crippen LogP contribution in [0.3, 0.4) is 0 Å². The van der Waals surface area contributed by atoms with Crippen LogP contribution in [0.4, 0.5) is 5.69 Å². The smallest absolute Gasteiger partial charge is 0.270 e. The molecule has 0 N–H and O–H groups in total. The molecule has 2 aromatic heterocycles. The summed E-state index contributed by atoms with van der Waals surface area (Å²) in [5.74, 6) is -0.204. The number of hydrogen-bond acceptors (Lipinski definition) is 7. The molecule has 0 unspecified atom stereocenters. The van der Waals surface area contributed by atoms with Gasteiger partial charge in [-0.05, 0) is 24.3 Å². The van der Waals surface area contributed by atoms with Gasteiger partial charge in [0.25, 0.3) is 21.6 Å². The minimum absolute atomic E-state index is 0.0261. The molecule has 0 saturated carbocycles. The Morgan fingerprint density at radius 2 is 1.79 bits per heavy atom. The van der Waals surface area contributed by atoms with Crippen molar-refractivity contribution in [1.82, 2.24) is 9.21 Å². The number of carbonyl (C=O) groups is 1. The Morgan fingerprint density at radius 3 is 2.41 bits per heavy atom. The average molecular weight is 472 g/mol. The van der Waals surface area contributed by atoms with Gasteiger partial charge < -0.3 is 4.90 Å². The first kappa shape index (κ1) is 20.2. The summed E-state index contributed by atoms with van der Waals surface area (Å²) in [4.78, 5) is 25.4. The molecular weight excluding hydrogens is 458 g/mol. The molecule has 1 aliphatic rings. The molecule has 8 nitrogen and oxygen atoms in total. The van der Waals surface area contributed by atoms with E-state index in [9.17, 15) is 23.3 Å². The minimum Gasteiger partial charge on any atom is -0.335 e. The third-order valence-electron chi connectivity index (χ3n) is 4.59. The predicted octanol–water partition coefficient (Wildman–Crippen LogP) is 3.67. The minimum atomic E-state index is -3.62. The van der Waals surface area contributed by atoms with Gasteiger partial charge in [-0.15, -0.1) is 22.7 Å². The summed E-state index contributed by atoms with van der Waals surface area (Å²) in [5, 5.41) is 11.6. The second kappa shape index (κ2) is 7.65. The van der Waals surface area contributed by atoms with Crippen LogP contribution in [0.2, 0.25) is 4.34 Å². The number of fused-ring (bicyclic) bond motifs is 1. The summed E-state index contributed by atoms with van der Waals surface area (Å²) in [6, 6.07) is 9.16. The van der Waals surface area contributed by atoms with Gasteiger partial charge in [-0.1, -0.05) is 11.6 Å². The Labute approximate surface area is 179 Å². The summed E-state index contributed by atoms with van der Waals surface area (Å²) in [5.41, 5.74) is -0.0261. The van der Waals surface area contributed by atoms with E-state index in [0.29, 0.717) is 14.6 Å². The van der Waals surface area contributed by atoms with Gasteiger partial charge in [-0.25, -0.2) is 8.42 Å². The van der Waals surface area contributed by atoms with Gasteiger partial charge >= 0.3 is 0 Å². The first-order valence-electron chi connectivity index (χ1n) is 8.48. The van der Waals surface area contributed by atoms with Crippen LogP contribution >= 0.6 is 34.3 Å². The highest BCUT2D eigenvalue weighted by atomic mass is 35.5. The van der Waals surface area contributed by atoms with Gasteiger partial charge in [0.1, 0.15) is 4.21 Å². The number of nitrogens with zero attached hydrogens (tertiary/aromatic N) is 3. The van der Waals surface area contributed by atoms with E-state index in [-0.39, 0.29) is 42.0 Å². The molecule has 1 fully saturated rings. The van der Waals surface area contributed by atoms with Crippen LogP contribution in [0.5, 0.6) is 0 Å². The molecule has 0 bridgehead atoms. The quantitative estimate of drug-likeness (QED) is 0.427. The Hall–Kier alpha value is -2.05. The van der Waals surface area contributed by atoms with Crippen LogP contribution in [0.15, 0.2) is 40.6 Å². The van der Waals surface area contributed by atoms with E-state index >= 15 is 0 Å². The Bertz CT molecular complexity index is 1210. The summed E-state index contributed by atoms with van der Waals surface area (Å²) in [6.07, 6.45) is 0. The Morgan fingerprint density at radius 1 is 1.07 bits per heavy atom. The van der Waals surface area contributed by atoms with Crippen molar-refractivity contribution in [2.24, 2.45) is 0 Å². The molecule has 0 radical (unpaired) electrons.